The number of carbonyl (C=O) groups excluding carboxylic acids is 1. The van der Waals surface area contributed by atoms with Crippen LogP contribution in [0.3, 0.4) is 0 Å². The minimum atomic E-state index is -0.195. The summed E-state index contributed by atoms with van der Waals surface area (Å²) in [6.07, 6.45) is -0.195. The number of nitrogens with zero attached hydrogens (tertiary/aromatic N) is 2. The molecule has 0 aliphatic carbocycles. The fraction of sp³-hybridized carbons (Fsp3) is 0.158. The molecule has 1 aliphatic heterocycles. The first kappa shape index (κ1) is 14.9. The van der Waals surface area contributed by atoms with Crippen molar-refractivity contribution >= 4 is 22.4 Å². The number of amides is 1. The monoisotopic (exact) mass is 335 g/mol. The highest BCUT2D eigenvalue weighted by Crippen LogP contribution is 2.36. The van der Waals surface area contributed by atoms with Gasteiger partial charge in [-0.2, -0.15) is 0 Å². The van der Waals surface area contributed by atoms with E-state index in [1.807, 2.05) is 71.8 Å². The van der Waals surface area contributed by atoms with Crippen molar-refractivity contribution in [1.82, 2.24) is 9.88 Å². The number of thiazole rings is 1. The maximum absolute atomic E-state index is 12.9. The molecule has 2 aromatic carbocycles. The largest absolute Gasteiger partial charge is 0.337 e. The van der Waals surface area contributed by atoms with Crippen LogP contribution in [0.5, 0.6) is 0 Å². The first-order chi connectivity index (χ1) is 11.7. The Kier molecular flexibility index (Phi) is 3.78. The molecule has 0 saturated heterocycles. The van der Waals surface area contributed by atoms with Gasteiger partial charge < -0.3 is 10.2 Å². The van der Waals surface area contributed by atoms with Crippen LogP contribution in [0.25, 0.3) is 0 Å². The van der Waals surface area contributed by atoms with Gasteiger partial charge in [0.1, 0.15) is 6.17 Å². The fourth-order valence-corrected chi connectivity index (χ4v) is 3.72. The molecule has 0 bridgehead atoms. The van der Waals surface area contributed by atoms with E-state index in [-0.39, 0.29) is 12.1 Å². The van der Waals surface area contributed by atoms with Gasteiger partial charge in [0, 0.05) is 23.1 Å². The fourth-order valence-electron chi connectivity index (χ4n) is 3.01. The normalized spacial score (nSPS) is 16.3. The van der Waals surface area contributed by atoms with Crippen molar-refractivity contribution in [3.63, 3.8) is 0 Å². The van der Waals surface area contributed by atoms with Gasteiger partial charge in [0.2, 0.25) is 0 Å². The number of anilines is 1. The molecule has 4 nitrogen and oxygen atoms in total. The van der Waals surface area contributed by atoms with E-state index in [1.54, 1.807) is 11.3 Å². The van der Waals surface area contributed by atoms with Gasteiger partial charge in [0.15, 0.2) is 5.13 Å². The van der Waals surface area contributed by atoms with Crippen molar-refractivity contribution in [3.8, 4) is 0 Å². The summed E-state index contributed by atoms with van der Waals surface area (Å²) in [4.78, 5) is 19.2. The van der Waals surface area contributed by atoms with E-state index >= 15 is 0 Å². The number of rotatable bonds is 4. The third kappa shape index (κ3) is 2.67. The van der Waals surface area contributed by atoms with Crippen molar-refractivity contribution in [2.75, 3.05) is 5.32 Å². The maximum Gasteiger partial charge on any atom is 0.256 e. The van der Waals surface area contributed by atoms with Crippen LogP contribution in [0.1, 0.15) is 33.3 Å². The average Bonchev–Trinajstić information content (AvgIpc) is 3.13. The van der Waals surface area contributed by atoms with Crippen LogP contribution in [0, 0.1) is 6.92 Å². The lowest BCUT2D eigenvalue weighted by Crippen LogP contribution is -2.31. The zero-order valence-electron chi connectivity index (χ0n) is 13.3. The summed E-state index contributed by atoms with van der Waals surface area (Å²) in [6.45, 7) is 2.54. The van der Waals surface area contributed by atoms with E-state index in [0.29, 0.717) is 6.54 Å². The van der Waals surface area contributed by atoms with Gasteiger partial charge in [-0.05, 0) is 18.6 Å². The van der Waals surface area contributed by atoms with E-state index in [0.717, 1.165) is 27.5 Å². The Morgan fingerprint density at radius 1 is 1.12 bits per heavy atom. The maximum atomic E-state index is 12.9. The second-order valence-electron chi connectivity index (χ2n) is 5.85. The molecule has 0 spiro atoms. The number of hydrogen-bond donors (Lipinski definition) is 1. The molecule has 1 amide bonds. The van der Waals surface area contributed by atoms with Gasteiger partial charge in [-0.15, -0.1) is 11.3 Å². The summed E-state index contributed by atoms with van der Waals surface area (Å²) in [5.74, 6) is 0.0558. The van der Waals surface area contributed by atoms with E-state index in [2.05, 4.69) is 10.3 Å². The number of nitrogens with one attached hydrogen (secondary N) is 1. The SMILES string of the molecule is Cc1csc(NC2c3ccccc3C(=O)N2Cc2ccccc2)n1. The first-order valence-electron chi connectivity index (χ1n) is 7.85. The minimum absolute atomic E-state index is 0.0558. The second kappa shape index (κ2) is 6.09. The lowest BCUT2D eigenvalue weighted by atomic mass is 10.1. The molecule has 2 heterocycles. The number of hydrogen-bond acceptors (Lipinski definition) is 4. The summed E-state index contributed by atoms with van der Waals surface area (Å²) in [5, 5.41) is 6.27. The van der Waals surface area contributed by atoms with Crippen LogP contribution >= 0.6 is 11.3 Å². The summed E-state index contributed by atoms with van der Waals surface area (Å²) in [5.41, 5.74) is 3.86. The number of fused-ring (bicyclic) bond motifs is 1. The van der Waals surface area contributed by atoms with Gasteiger partial charge >= 0.3 is 0 Å². The van der Waals surface area contributed by atoms with Crippen molar-refractivity contribution < 1.29 is 4.79 Å². The zero-order valence-corrected chi connectivity index (χ0v) is 14.1. The molecule has 3 aromatic rings. The smallest absolute Gasteiger partial charge is 0.256 e. The molecular formula is C19H17N3OS. The van der Waals surface area contributed by atoms with Gasteiger partial charge in [0.05, 0.1) is 5.69 Å². The minimum Gasteiger partial charge on any atom is -0.337 e. The summed E-state index contributed by atoms with van der Waals surface area (Å²) in [7, 11) is 0. The molecule has 120 valence electrons. The van der Waals surface area contributed by atoms with Gasteiger partial charge in [-0.3, -0.25) is 4.79 Å². The Hall–Kier alpha value is -2.66. The number of aromatic nitrogens is 1. The predicted molar refractivity (Wildman–Crippen MR) is 96.0 cm³/mol. The molecule has 1 unspecified atom stereocenters. The average molecular weight is 335 g/mol. The van der Waals surface area contributed by atoms with E-state index < -0.39 is 0 Å². The van der Waals surface area contributed by atoms with Crippen molar-refractivity contribution in [1.29, 1.82) is 0 Å². The summed E-state index contributed by atoms with van der Waals surface area (Å²) < 4.78 is 0. The van der Waals surface area contributed by atoms with Crippen LogP contribution in [-0.2, 0) is 6.54 Å². The molecule has 1 atom stereocenters. The van der Waals surface area contributed by atoms with Crippen LogP contribution in [0.15, 0.2) is 60.0 Å². The molecule has 1 aromatic heterocycles. The highest BCUT2D eigenvalue weighted by Gasteiger charge is 2.36. The highest BCUT2D eigenvalue weighted by molar-refractivity contribution is 7.13. The predicted octanol–water partition coefficient (Wildman–Crippen LogP) is 4.22. The molecule has 4 rings (SSSR count). The van der Waals surface area contributed by atoms with Crippen LogP contribution in [0.4, 0.5) is 5.13 Å². The Labute approximate surface area is 144 Å². The number of aryl methyl sites for hydroxylation is 1. The number of benzene rings is 2. The molecule has 0 fully saturated rings. The quantitative estimate of drug-likeness (QED) is 0.776. The number of carbonyl (C=O) groups is 1. The molecule has 0 radical (unpaired) electrons. The molecule has 1 N–H and O–H groups in total. The molecule has 24 heavy (non-hydrogen) atoms. The van der Waals surface area contributed by atoms with Crippen LogP contribution in [0.2, 0.25) is 0 Å². The molecule has 0 saturated carbocycles. The standard InChI is InChI=1S/C19H17N3OS/c1-13-12-24-19(20-13)21-17-15-9-5-6-10-16(15)18(23)22(17)11-14-7-3-2-4-8-14/h2-10,12,17H,11H2,1H3,(H,20,21). The van der Waals surface area contributed by atoms with E-state index in [4.69, 9.17) is 0 Å². The first-order valence-corrected chi connectivity index (χ1v) is 8.73. The summed E-state index contributed by atoms with van der Waals surface area (Å²) >= 11 is 1.56. The molecule has 1 aliphatic rings. The Balaban J connectivity index is 1.69. The van der Waals surface area contributed by atoms with E-state index in [1.165, 1.54) is 0 Å². The Morgan fingerprint density at radius 3 is 2.62 bits per heavy atom. The molecule has 5 heteroatoms. The van der Waals surface area contributed by atoms with Crippen LogP contribution in [-0.4, -0.2) is 15.8 Å². The zero-order chi connectivity index (χ0) is 16.5. The third-order valence-electron chi connectivity index (χ3n) is 4.13. The lowest BCUT2D eigenvalue weighted by Gasteiger charge is -2.26. The van der Waals surface area contributed by atoms with Crippen molar-refractivity contribution in [2.24, 2.45) is 0 Å². The van der Waals surface area contributed by atoms with E-state index in [9.17, 15) is 4.79 Å². The van der Waals surface area contributed by atoms with Gasteiger partial charge in [-0.1, -0.05) is 48.5 Å². The highest BCUT2D eigenvalue weighted by atomic mass is 32.1. The van der Waals surface area contributed by atoms with Gasteiger partial charge in [0.25, 0.3) is 5.91 Å². The third-order valence-corrected chi connectivity index (χ3v) is 5.02. The Bertz CT molecular complexity index is 875. The topological polar surface area (TPSA) is 45.2 Å². The van der Waals surface area contributed by atoms with Crippen molar-refractivity contribution in [2.45, 2.75) is 19.6 Å². The second-order valence-corrected chi connectivity index (χ2v) is 6.70. The van der Waals surface area contributed by atoms with Crippen molar-refractivity contribution in [3.05, 3.63) is 82.4 Å². The summed E-state index contributed by atoms with van der Waals surface area (Å²) in [6, 6.07) is 17.8. The lowest BCUT2D eigenvalue weighted by molar-refractivity contribution is 0.0729. The Morgan fingerprint density at radius 2 is 1.88 bits per heavy atom. The van der Waals surface area contributed by atoms with Crippen LogP contribution < -0.4 is 5.32 Å². The van der Waals surface area contributed by atoms with Gasteiger partial charge in [-0.25, -0.2) is 4.98 Å². The molecular weight excluding hydrogens is 318 g/mol.